The number of halogens is 4. The van der Waals surface area contributed by atoms with Gasteiger partial charge in [-0.1, -0.05) is 0 Å². The van der Waals surface area contributed by atoms with Gasteiger partial charge in [0.2, 0.25) is 16.0 Å². The molecule has 3 aromatic rings. The molecule has 0 fully saturated rings. The summed E-state index contributed by atoms with van der Waals surface area (Å²) in [5.41, 5.74) is 2.08. The van der Waals surface area contributed by atoms with Crippen LogP contribution in [-0.2, 0) is 10.0 Å². The van der Waals surface area contributed by atoms with Gasteiger partial charge in [0, 0.05) is 23.8 Å². The van der Waals surface area contributed by atoms with Crippen LogP contribution in [0.5, 0.6) is 0 Å². The summed E-state index contributed by atoms with van der Waals surface area (Å²) in [6.45, 7) is 4.02. The molecule has 13 heteroatoms. The molecule has 0 aliphatic carbocycles. The minimum Gasteiger partial charge on any atom is -0.299 e. The van der Waals surface area contributed by atoms with Gasteiger partial charge >= 0.3 is 6.18 Å². The average molecular weight is 521 g/mol. The third-order valence-corrected chi connectivity index (χ3v) is 7.35. The summed E-state index contributed by atoms with van der Waals surface area (Å²) in [5, 5.41) is 10.0. The van der Waals surface area contributed by atoms with Crippen molar-refractivity contribution in [1.29, 1.82) is 5.26 Å². The smallest absolute Gasteiger partial charge is 0.299 e. The molecule has 188 valence electrons. The normalized spacial score (nSPS) is 18.6. The van der Waals surface area contributed by atoms with Gasteiger partial charge in [0.05, 0.1) is 23.7 Å². The lowest BCUT2D eigenvalue weighted by Gasteiger charge is -2.26. The molecule has 1 aliphatic heterocycles. The molecule has 8 nitrogen and oxygen atoms in total. The van der Waals surface area contributed by atoms with Crippen molar-refractivity contribution < 1.29 is 26.0 Å². The van der Waals surface area contributed by atoms with E-state index in [9.17, 15) is 31.2 Å². The van der Waals surface area contributed by atoms with Crippen molar-refractivity contribution in [1.82, 2.24) is 19.7 Å². The highest BCUT2D eigenvalue weighted by atomic mass is 32.2. The molecule has 0 saturated carbocycles. The molecule has 0 spiro atoms. The van der Waals surface area contributed by atoms with Gasteiger partial charge in [0.1, 0.15) is 16.8 Å². The van der Waals surface area contributed by atoms with Crippen molar-refractivity contribution in [2.45, 2.75) is 49.8 Å². The molecule has 1 aliphatic rings. The Kier molecular flexibility index (Phi) is 6.44. The van der Waals surface area contributed by atoms with E-state index in [1.54, 1.807) is 35.6 Å². The van der Waals surface area contributed by atoms with E-state index in [4.69, 9.17) is 0 Å². The maximum atomic E-state index is 14.5. The summed E-state index contributed by atoms with van der Waals surface area (Å²) in [5.74, 6) is -1.19. The number of nitrogens with one attached hydrogen (secondary N) is 1. The number of sulfonamides is 1. The number of rotatable bonds is 5. The quantitative estimate of drug-likeness (QED) is 0.498. The Morgan fingerprint density at radius 1 is 1.17 bits per heavy atom. The maximum absolute atomic E-state index is 14.5. The Bertz CT molecular complexity index is 1450. The summed E-state index contributed by atoms with van der Waals surface area (Å²) in [4.78, 5) is 14.1. The van der Waals surface area contributed by atoms with E-state index in [-0.39, 0.29) is 11.6 Å². The maximum Gasteiger partial charge on any atom is 0.404 e. The summed E-state index contributed by atoms with van der Waals surface area (Å²) in [6, 6.07) is 5.93. The van der Waals surface area contributed by atoms with Gasteiger partial charge in [-0.05, 0) is 62.2 Å². The summed E-state index contributed by atoms with van der Waals surface area (Å²) in [6.07, 6.45) is -2.32. The Labute approximate surface area is 204 Å². The molecule has 1 N–H and O–H groups in total. The molecule has 0 saturated heterocycles. The number of nitriles is 1. The first-order chi connectivity index (χ1) is 16.8. The number of aryl methyl sites for hydroxylation is 2. The molecule has 2 unspecified atom stereocenters. The third-order valence-electron chi connectivity index (χ3n) is 5.83. The molecule has 0 radical (unpaired) electrons. The molecule has 0 amide bonds. The van der Waals surface area contributed by atoms with Crippen LogP contribution < -0.4 is 9.62 Å². The Morgan fingerprint density at radius 3 is 2.47 bits per heavy atom. The molecule has 3 heterocycles. The largest absolute Gasteiger partial charge is 0.404 e. The van der Waals surface area contributed by atoms with E-state index >= 15 is 0 Å². The number of benzene rings is 1. The fourth-order valence-corrected chi connectivity index (χ4v) is 5.10. The van der Waals surface area contributed by atoms with Gasteiger partial charge in [-0.2, -0.15) is 23.2 Å². The van der Waals surface area contributed by atoms with Crippen LogP contribution >= 0.6 is 0 Å². The number of hydrogen-bond donors (Lipinski definition) is 1. The van der Waals surface area contributed by atoms with Crippen molar-refractivity contribution in [3.63, 3.8) is 0 Å². The van der Waals surface area contributed by atoms with Crippen LogP contribution in [0.4, 0.5) is 29.2 Å². The molecule has 1 aromatic carbocycles. The van der Waals surface area contributed by atoms with Crippen LogP contribution in [0, 0.1) is 31.0 Å². The lowest BCUT2D eigenvalue weighted by molar-refractivity contribution is -0.147. The molecule has 2 aromatic heterocycles. The van der Waals surface area contributed by atoms with Crippen molar-refractivity contribution >= 4 is 21.7 Å². The Balaban J connectivity index is 1.79. The van der Waals surface area contributed by atoms with Gasteiger partial charge in [0.25, 0.3) is 0 Å². The highest BCUT2D eigenvalue weighted by molar-refractivity contribution is 7.89. The van der Waals surface area contributed by atoms with Gasteiger partial charge in [-0.25, -0.2) is 22.8 Å². The van der Waals surface area contributed by atoms with Crippen molar-refractivity contribution in [3.8, 4) is 6.07 Å². The second kappa shape index (κ2) is 9.11. The van der Waals surface area contributed by atoms with E-state index < -0.39 is 44.9 Å². The van der Waals surface area contributed by atoms with Gasteiger partial charge in [-0.3, -0.25) is 9.88 Å². The van der Waals surface area contributed by atoms with E-state index in [2.05, 4.69) is 21.0 Å². The first kappa shape index (κ1) is 25.5. The molecule has 3 atom stereocenters. The monoisotopic (exact) mass is 520 g/mol. The molecule has 0 bridgehead atoms. The van der Waals surface area contributed by atoms with E-state index in [1.165, 1.54) is 18.3 Å². The predicted molar refractivity (Wildman–Crippen MR) is 121 cm³/mol. The average Bonchev–Trinajstić information content (AvgIpc) is 3.11. The fraction of sp³-hybridized carbons (Fsp3) is 0.304. The number of alkyl halides is 3. The third kappa shape index (κ3) is 4.61. The zero-order chi connectivity index (χ0) is 26.4. The fourth-order valence-electron chi connectivity index (χ4n) is 3.93. The second-order valence-electron chi connectivity index (χ2n) is 8.38. The van der Waals surface area contributed by atoms with Crippen molar-refractivity contribution in [2.75, 3.05) is 4.90 Å². The molecule has 36 heavy (non-hydrogen) atoms. The zero-order valence-corrected chi connectivity index (χ0v) is 20.1. The van der Waals surface area contributed by atoms with Crippen LogP contribution in [0.2, 0.25) is 0 Å². The van der Waals surface area contributed by atoms with E-state index in [0.717, 1.165) is 12.3 Å². The van der Waals surface area contributed by atoms with Crippen LogP contribution in [0.25, 0.3) is 0 Å². The lowest BCUT2D eigenvalue weighted by Crippen LogP contribution is -2.43. The number of hydrogen-bond acceptors (Lipinski definition) is 7. The molecule has 4 rings (SSSR count). The predicted octanol–water partition coefficient (Wildman–Crippen LogP) is 4.36. The topological polar surface area (TPSA) is 112 Å². The van der Waals surface area contributed by atoms with Crippen LogP contribution in [0.1, 0.15) is 41.4 Å². The Morgan fingerprint density at radius 2 is 1.89 bits per heavy atom. The van der Waals surface area contributed by atoms with Gasteiger partial charge in [0.15, 0.2) is 0 Å². The summed E-state index contributed by atoms with van der Waals surface area (Å²) in [7, 11) is -4.52. The lowest BCUT2D eigenvalue weighted by atomic mass is 9.93. The zero-order valence-electron chi connectivity index (χ0n) is 19.2. The number of anilines is 2. The first-order valence-electron chi connectivity index (χ1n) is 10.7. The highest BCUT2D eigenvalue weighted by Gasteiger charge is 2.44. The summed E-state index contributed by atoms with van der Waals surface area (Å²) < 4.78 is 79.5. The number of pyridine rings is 1. The second-order valence-corrected chi connectivity index (χ2v) is 10.1. The molecular weight excluding hydrogens is 500 g/mol. The standard InChI is InChI=1S/C23H20F4N6O2S/c1-12-8-20-16(9-18(12)24)17(10-28)21(33(20)22-29-7-6-13(2)31-22)19-5-4-15(11-30-19)36(34,35)32-14(3)23(25,26)27/h4-9,11,14,17,21,32H,1-3H3/t14-,17?,21?/m0/s1. The van der Waals surface area contributed by atoms with Crippen molar-refractivity contribution in [2.24, 2.45) is 0 Å². The van der Waals surface area contributed by atoms with Crippen LogP contribution in [-0.4, -0.2) is 35.6 Å². The summed E-state index contributed by atoms with van der Waals surface area (Å²) >= 11 is 0. The van der Waals surface area contributed by atoms with E-state index in [1.807, 2.05) is 0 Å². The molecular formula is C23H20F4N6O2S. The minimum atomic E-state index is -4.77. The Hall–Kier alpha value is -3.63. The number of fused-ring (bicyclic) bond motifs is 1. The SMILES string of the molecule is Cc1ccnc(N2c3cc(C)c(F)cc3C(C#N)C2c2ccc(S(=O)(=O)N[C@@H](C)C(F)(F)F)cn2)n1. The van der Waals surface area contributed by atoms with E-state index in [0.29, 0.717) is 29.4 Å². The van der Waals surface area contributed by atoms with Crippen molar-refractivity contribution in [3.05, 3.63) is 71.1 Å². The van der Waals surface area contributed by atoms with Gasteiger partial charge in [-0.15, -0.1) is 0 Å². The van der Waals surface area contributed by atoms with Gasteiger partial charge < -0.3 is 0 Å². The highest BCUT2D eigenvalue weighted by Crippen LogP contribution is 2.51. The van der Waals surface area contributed by atoms with Crippen LogP contribution in [0.3, 0.4) is 0 Å². The minimum absolute atomic E-state index is 0.226. The first-order valence-corrected chi connectivity index (χ1v) is 12.2. The van der Waals surface area contributed by atoms with Crippen LogP contribution in [0.15, 0.2) is 47.6 Å². The number of aromatic nitrogens is 3. The number of nitrogens with zero attached hydrogens (tertiary/aromatic N) is 5.